The van der Waals surface area contributed by atoms with Crippen LogP contribution in [0.3, 0.4) is 0 Å². The van der Waals surface area contributed by atoms with Crippen LogP contribution < -0.4 is 15.4 Å². The summed E-state index contributed by atoms with van der Waals surface area (Å²) in [7, 11) is 1.43. The number of nitriles is 1. The molecule has 0 spiro atoms. The van der Waals surface area contributed by atoms with E-state index < -0.39 is 30.9 Å². The molecule has 8 nitrogen and oxygen atoms in total. The Hall–Kier alpha value is -3.57. The summed E-state index contributed by atoms with van der Waals surface area (Å²) in [4.78, 5) is 35.6. The molecule has 0 fully saturated rings. The van der Waals surface area contributed by atoms with E-state index in [4.69, 9.17) is 26.3 Å². The van der Waals surface area contributed by atoms with Crippen LogP contribution in [0.5, 0.6) is 5.75 Å². The predicted molar refractivity (Wildman–Crippen MR) is 101 cm³/mol. The lowest BCUT2D eigenvalue weighted by Gasteiger charge is -2.09. The number of carbonyl (C=O) groups excluding carboxylic acids is 3. The molecule has 0 aliphatic heterocycles. The quantitative estimate of drug-likeness (QED) is 0.686. The van der Waals surface area contributed by atoms with Crippen LogP contribution in [0.1, 0.15) is 15.9 Å². The van der Waals surface area contributed by atoms with Gasteiger partial charge in [0.05, 0.1) is 23.3 Å². The van der Waals surface area contributed by atoms with Crippen LogP contribution in [0.25, 0.3) is 0 Å². The molecule has 2 aromatic rings. The molecule has 0 atom stereocenters. The number of carbonyl (C=O) groups is 3. The lowest BCUT2D eigenvalue weighted by Crippen LogP contribution is -2.32. The summed E-state index contributed by atoms with van der Waals surface area (Å²) in [6, 6.07) is 12.8. The molecule has 0 heterocycles. The van der Waals surface area contributed by atoms with Crippen LogP contribution in [-0.2, 0) is 14.3 Å². The van der Waals surface area contributed by atoms with Gasteiger partial charge < -0.3 is 20.1 Å². The zero-order valence-electron chi connectivity index (χ0n) is 14.8. The number of para-hydroxylation sites is 1. The van der Waals surface area contributed by atoms with Gasteiger partial charge in [-0.3, -0.25) is 14.4 Å². The molecule has 9 heteroatoms. The van der Waals surface area contributed by atoms with Crippen LogP contribution in [0.2, 0.25) is 5.02 Å². The molecule has 0 unspecified atom stereocenters. The molecule has 2 N–H and O–H groups in total. The van der Waals surface area contributed by atoms with Crippen molar-refractivity contribution in [2.45, 2.75) is 0 Å². The van der Waals surface area contributed by atoms with Crippen LogP contribution in [-0.4, -0.2) is 38.0 Å². The van der Waals surface area contributed by atoms with Gasteiger partial charge in [0.25, 0.3) is 11.8 Å². The second-order valence-electron chi connectivity index (χ2n) is 5.40. The van der Waals surface area contributed by atoms with Gasteiger partial charge in [-0.1, -0.05) is 23.7 Å². The van der Waals surface area contributed by atoms with Crippen molar-refractivity contribution in [2.75, 3.05) is 25.6 Å². The van der Waals surface area contributed by atoms with Crippen molar-refractivity contribution in [3.8, 4) is 11.8 Å². The third-order valence-corrected chi connectivity index (χ3v) is 3.80. The average molecular weight is 402 g/mol. The van der Waals surface area contributed by atoms with Crippen LogP contribution in [0, 0.1) is 11.3 Å². The SMILES string of the molecule is COc1ccccc1C(=O)NCC(=O)OCC(=O)Nc1ccc(C#N)c(Cl)c1. The lowest BCUT2D eigenvalue weighted by atomic mass is 10.2. The van der Waals surface area contributed by atoms with Gasteiger partial charge in [-0.15, -0.1) is 0 Å². The summed E-state index contributed by atoms with van der Waals surface area (Å²) >= 11 is 5.88. The number of ether oxygens (including phenoxy) is 2. The average Bonchev–Trinajstić information content (AvgIpc) is 2.70. The number of methoxy groups -OCH3 is 1. The van der Waals surface area contributed by atoms with Crippen molar-refractivity contribution in [1.29, 1.82) is 5.26 Å². The Bertz CT molecular complexity index is 939. The second-order valence-corrected chi connectivity index (χ2v) is 5.81. The highest BCUT2D eigenvalue weighted by Gasteiger charge is 2.14. The van der Waals surface area contributed by atoms with Crippen molar-refractivity contribution < 1.29 is 23.9 Å². The van der Waals surface area contributed by atoms with Crippen molar-refractivity contribution in [1.82, 2.24) is 5.32 Å². The Morgan fingerprint density at radius 2 is 1.93 bits per heavy atom. The fourth-order valence-electron chi connectivity index (χ4n) is 2.16. The maximum atomic E-state index is 12.1. The summed E-state index contributed by atoms with van der Waals surface area (Å²) in [6.45, 7) is -0.951. The van der Waals surface area contributed by atoms with Gasteiger partial charge in [-0.25, -0.2) is 0 Å². The summed E-state index contributed by atoms with van der Waals surface area (Å²) in [5.41, 5.74) is 0.902. The van der Waals surface area contributed by atoms with E-state index in [0.29, 0.717) is 11.4 Å². The highest BCUT2D eigenvalue weighted by molar-refractivity contribution is 6.32. The van der Waals surface area contributed by atoms with Crippen molar-refractivity contribution in [3.63, 3.8) is 0 Å². The van der Waals surface area contributed by atoms with Crippen LogP contribution in [0.15, 0.2) is 42.5 Å². The Labute approximate surface area is 166 Å². The number of anilines is 1. The first-order valence-corrected chi connectivity index (χ1v) is 8.38. The normalized spacial score (nSPS) is 9.75. The molecular formula is C19H16ClN3O5. The number of esters is 1. The van der Waals surface area contributed by atoms with Crippen molar-refractivity contribution >= 4 is 35.1 Å². The number of amides is 2. The summed E-state index contributed by atoms with van der Waals surface area (Å²) in [5, 5.41) is 13.9. The van der Waals surface area contributed by atoms with Gasteiger partial charge in [-0.2, -0.15) is 5.26 Å². The first-order valence-electron chi connectivity index (χ1n) is 8.01. The summed E-state index contributed by atoms with van der Waals surface area (Å²) in [6.07, 6.45) is 0. The highest BCUT2D eigenvalue weighted by atomic mass is 35.5. The predicted octanol–water partition coefficient (Wildman–Crippen LogP) is 2.13. The Balaban J connectivity index is 1.79. The fourth-order valence-corrected chi connectivity index (χ4v) is 2.38. The molecular weight excluding hydrogens is 386 g/mol. The second kappa shape index (κ2) is 9.94. The van der Waals surface area contributed by atoms with E-state index in [1.165, 1.54) is 25.3 Å². The molecule has 28 heavy (non-hydrogen) atoms. The Morgan fingerprint density at radius 1 is 1.18 bits per heavy atom. The van der Waals surface area contributed by atoms with Crippen molar-refractivity contribution in [3.05, 3.63) is 58.6 Å². The fraction of sp³-hybridized carbons (Fsp3) is 0.158. The van der Waals surface area contributed by atoms with E-state index in [0.717, 1.165) is 0 Å². The lowest BCUT2D eigenvalue weighted by molar-refractivity contribution is -0.146. The highest BCUT2D eigenvalue weighted by Crippen LogP contribution is 2.20. The molecule has 2 rings (SSSR count). The molecule has 0 aromatic heterocycles. The minimum absolute atomic E-state index is 0.191. The van der Waals surface area contributed by atoms with Crippen LogP contribution in [0.4, 0.5) is 5.69 Å². The van der Waals surface area contributed by atoms with Gasteiger partial charge in [-0.05, 0) is 30.3 Å². The van der Waals surface area contributed by atoms with E-state index >= 15 is 0 Å². The minimum atomic E-state index is -0.781. The number of benzene rings is 2. The summed E-state index contributed by atoms with van der Waals surface area (Å²) < 4.78 is 9.89. The number of rotatable bonds is 7. The maximum Gasteiger partial charge on any atom is 0.325 e. The van der Waals surface area contributed by atoms with Gasteiger partial charge in [0, 0.05) is 5.69 Å². The summed E-state index contributed by atoms with van der Waals surface area (Å²) in [5.74, 6) is -1.51. The van der Waals surface area contributed by atoms with E-state index in [9.17, 15) is 14.4 Å². The number of halogens is 1. The zero-order valence-corrected chi connectivity index (χ0v) is 15.6. The van der Waals surface area contributed by atoms with Crippen LogP contribution >= 0.6 is 11.6 Å². The molecule has 0 aliphatic carbocycles. The van der Waals surface area contributed by atoms with E-state index in [2.05, 4.69) is 10.6 Å². The number of nitrogens with zero attached hydrogens (tertiary/aromatic N) is 1. The van der Waals surface area contributed by atoms with Gasteiger partial charge in [0.1, 0.15) is 18.4 Å². The minimum Gasteiger partial charge on any atom is -0.496 e. The molecule has 144 valence electrons. The standard InChI is InChI=1S/C19H16ClN3O5/c1-27-16-5-3-2-4-14(16)19(26)22-10-18(25)28-11-17(24)23-13-7-6-12(9-21)15(20)8-13/h2-8H,10-11H2,1H3,(H,22,26)(H,23,24). The van der Waals surface area contributed by atoms with Gasteiger partial charge in [0.15, 0.2) is 6.61 Å². The van der Waals surface area contributed by atoms with E-state index in [-0.39, 0.29) is 16.1 Å². The molecule has 0 aliphatic rings. The Kier molecular flexibility index (Phi) is 7.37. The topological polar surface area (TPSA) is 118 Å². The van der Waals surface area contributed by atoms with E-state index in [1.54, 1.807) is 24.3 Å². The first-order chi connectivity index (χ1) is 13.4. The molecule has 0 saturated carbocycles. The molecule has 2 amide bonds. The third-order valence-electron chi connectivity index (χ3n) is 3.48. The third kappa shape index (κ3) is 5.72. The van der Waals surface area contributed by atoms with Gasteiger partial charge in [0.2, 0.25) is 0 Å². The van der Waals surface area contributed by atoms with E-state index in [1.807, 2.05) is 6.07 Å². The number of nitrogens with one attached hydrogen (secondary N) is 2. The largest absolute Gasteiger partial charge is 0.496 e. The molecule has 2 aromatic carbocycles. The molecule has 0 bridgehead atoms. The maximum absolute atomic E-state index is 12.1. The first kappa shape index (κ1) is 20.7. The monoisotopic (exact) mass is 401 g/mol. The Morgan fingerprint density at radius 3 is 2.61 bits per heavy atom. The molecule has 0 radical (unpaired) electrons. The number of hydrogen-bond donors (Lipinski definition) is 2. The zero-order chi connectivity index (χ0) is 20.5. The number of hydrogen-bond acceptors (Lipinski definition) is 6. The van der Waals surface area contributed by atoms with Crippen molar-refractivity contribution in [2.24, 2.45) is 0 Å². The smallest absolute Gasteiger partial charge is 0.325 e. The van der Waals surface area contributed by atoms with Gasteiger partial charge >= 0.3 is 5.97 Å². The molecule has 0 saturated heterocycles.